The molecule has 40 heavy (non-hydrogen) atoms. The van der Waals surface area contributed by atoms with E-state index in [1.165, 1.54) is 4.90 Å². The van der Waals surface area contributed by atoms with Gasteiger partial charge in [-0.2, -0.15) is 0 Å². The van der Waals surface area contributed by atoms with Gasteiger partial charge in [0, 0.05) is 42.5 Å². The minimum atomic E-state index is -2.68. The van der Waals surface area contributed by atoms with Crippen LogP contribution in [-0.4, -0.2) is 82.6 Å². The molecule has 11 heteroatoms. The SMILES string of the molecule is CN(C)c1cc(-c2ccc(N)cc2)c(O)c2c1C[C@H]1C[C@H]3[C@H](N(C)C)C(=O)C(C(N)=O)=C(O)[C@@]3(O)C(=O)C1=C2O. The summed E-state index contributed by atoms with van der Waals surface area (Å²) in [7, 11) is 6.76. The first-order chi connectivity index (χ1) is 18.7. The number of Topliss-reactive ketones (excluding diaryl/α,β-unsaturated/α-hetero) is 2. The molecule has 8 N–H and O–H groups in total. The fraction of sp³-hybridized carbons (Fsp3) is 0.345. The maximum absolute atomic E-state index is 14.1. The second-order valence-electron chi connectivity index (χ2n) is 11.1. The highest BCUT2D eigenvalue weighted by Crippen LogP contribution is 2.54. The number of phenolic OH excluding ortho intramolecular Hbond substituents is 1. The van der Waals surface area contributed by atoms with Crippen molar-refractivity contribution in [3.63, 3.8) is 0 Å². The van der Waals surface area contributed by atoms with E-state index in [-0.39, 0.29) is 29.7 Å². The molecule has 0 saturated heterocycles. The highest BCUT2D eigenvalue weighted by molar-refractivity contribution is 6.24. The number of carbonyl (C=O) groups is 3. The van der Waals surface area contributed by atoms with Gasteiger partial charge in [-0.15, -0.1) is 0 Å². The number of aromatic hydroxyl groups is 1. The lowest BCUT2D eigenvalue weighted by Gasteiger charge is -2.50. The molecule has 11 nitrogen and oxygen atoms in total. The highest BCUT2D eigenvalue weighted by atomic mass is 16.3. The number of primary amides is 1. The summed E-state index contributed by atoms with van der Waals surface area (Å²) >= 11 is 0. The molecule has 2 aromatic rings. The van der Waals surface area contributed by atoms with Gasteiger partial charge in [-0.05, 0) is 62.2 Å². The number of nitrogens with zero attached hydrogens (tertiary/aromatic N) is 2. The van der Waals surface area contributed by atoms with E-state index in [1.54, 1.807) is 44.4 Å². The van der Waals surface area contributed by atoms with Gasteiger partial charge >= 0.3 is 0 Å². The quantitative estimate of drug-likeness (QED) is 0.240. The van der Waals surface area contributed by atoms with Crippen molar-refractivity contribution in [3.8, 4) is 16.9 Å². The van der Waals surface area contributed by atoms with Crippen molar-refractivity contribution in [2.45, 2.75) is 24.5 Å². The van der Waals surface area contributed by atoms with E-state index in [0.717, 1.165) is 0 Å². The standard InChI is InChI=1S/C29H32N4O7/c1-32(2)18-11-15(12-5-7-14(30)8-6-12)23(34)20-16(18)9-13-10-17-22(33(3)4)25(36)21(28(31)39)27(38)29(17,40)26(37)19(13)24(20)35/h5-8,11,13,17,22,34-35,38,40H,9-10,30H2,1-4H3,(H2,31,39)/t13-,17-,22-,29-/m0/s1. The predicted octanol–water partition coefficient (Wildman–Crippen LogP) is 1.28. The third-order valence-corrected chi connectivity index (χ3v) is 8.40. The summed E-state index contributed by atoms with van der Waals surface area (Å²) in [6, 6.07) is 7.45. The van der Waals surface area contributed by atoms with Crippen LogP contribution in [0.5, 0.6) is 5.75 Å². The number of rotatable bonds is 4. The molecule has 1 amide bonds. The Kier molecular flexibility index (Phi) is 6.20. The van der Waals surface area contributed by atoms with Gasteiger partial charge < -0.3 is 36.8 Å². The van der Waals surface area contributed by atoms with E-state index < -0.39 is 58.0 Å². The Balaban J connectivity index is 1.77. The second-order valence-corrected chi connectivity index (χ2v) is 11.1. The average Bonchev–Trinajstić information content (AvgIpc) is 2.86. The van der Waals surface area contributed by atoms with Crippen molar-refractivity contribution in [3.05, 3.63) is 58.4 Å². The molecule has 210 valence electrons. The zero-order chi connectivity index (χ0) is 29.4. The Morgan fingerprint density at radius 3 is 2.23 bits per heavy atom. The molecular weight excluding hydrogens is 516 g/mol. The summed E-state index contributed by atoms with van der Waals surface area (Å²) < 4.78 is 0. The Morgan fingerprint density at radius 2 is 1.68 bits per heavy atom. The molecule has 0 aliphatic heterocycles. The third-order valence-electron chi connectivity index (χ3n) is 8.40. The summed E-state index contributed by atoms with van der Waals surface area (Å²) in [5, 5.41) is 45.8. The number of aliphatic hydroxyl groups is 3. The van der Waals surface area contributed by atoms with Crippen molar-refractivity contribution in [1.29, 1.82) is 0 Å². The van der Waals surface area contributed by atoms with Crippen molar-refractivity contribution in [1.82, 2.24) is 4.90 Å². The summed E-state index contributed by atoms with van der Waals surface area (Å²) in [4.78, 5) is 42.8. The van der Waals surface area contributed by atoms with E-state index in [4.69, 9.17) is 11.5 Å². The van der Waals surface area contributed by atoms with Gasteiger partial charge in [0.05, 0.1) is 11.6 Å². The molecule has 3 aliphatic rings. The van der Waals surface area contributed by atoms with Crippen LogP contribution < -0.4 is 16.4 Å². The highest BCUT2D eigenvalue weighted by Gasteiger charge is 2.64. The van der Waals surface area contributed by atoms with Crippen molar-refractivity contribution in [2.75, 3.05) is 38.8 Å². The lowest BCUT2D eigenvalue weighted by Crippen LogP contribution is -2.65. The number of likely N-dealkylation sites (N-methyl/N-ethyl adjacent to an activating group) is 1. The van der Waals surface area contributed by atoms with E-state index in [9.17, 15) is 34.8 Å². The van der Waals surface area contributed by atoms with Gasteiger partial charge in [0.25, 0.3) is 5.91 Å². The fourth-order valence-corrected chi connectivity index (χ4v) is 6.57. The lowest BCUT2D eigenvalue weighted by molar-refractivity contribution is -0.153. The number of nitrogens with two attached hydrogens (primary N) is 2. The molecule has 0 bridgehead atoms. The number of fused-ring (bicyclic) bond motifs is 3. The van der Waals surface area contributed by atoms with Crippen LogP contribution in [0.3, 0.4) is 0 Å². The number of nitrogen functional groups attached to an aromatic ring is 1. The Bertz CT molecular complexity index is 1540. The van der Waals surface area contributed by atoms with Crippen LogP contribution in [0.25, 0.3) is 16.9 Å². The third kappa shape index (κ3) is 3.61. The van der Waals surface area contributed by atoms with Crippen LogP contribution >= 0.6 is 0 Å². The summed E-state index contributed by atoms with van der Waals surface area (Å²) in [5.41, 5.74) is 10.4. The van der Waals surface area contributed by atoms with Crippen LogP contribution in [0.15, 0.2) is 47.2 Å². The monoisotopic (exact) mass is 548 g/mol. The van der Waals surface area contributed by atoms with Gasteiger partial charge in [-0.1, -0.05) is 12.1 Å². The summed E-state index contributed by atoms with van der Waals surface area (Å²) in [6.45, 7) is 0. The molecule has 0 heterocycles. The van der Waals surface area contributed by atoms with Gasteiger partial charge in [0.1, 0.15) is 22.8 Å². The topological polar surface area (TPSA) is 191 Å². The number of amides is 1. The number of phenols is 1. The molecule has 0 unspecified atom stereocenters. The normalized spacial score (nSPS) is 26.0. The second kappa shape index (κ2) is 9.10. The lowest BCUT2D eigenvalue weighted by atomic mass is 9.57. The number of hydrogen-bond acceptors (Lipinski definition) is 10. The van der Waals surface area contributed by atoms with Crippen LogP contribution in [0.1, 0.15) is 17.5 Å². The van der Waals surface area contributed by atoms with Gasteiger partial charge in [-0.25, -0.2) is 0 Å². The zero-order valence-corrected chi connectivity index (χ0v) is 22.6. The molecule has 3 aliphatic carbocycles. The van der Waals surface area contributed by atoms with Crippen molar-refractivity contribution >= 4 is 34.6 Å². The van der Waals surface area contributed by atoms with Crippen LogP contribution in [0, 0.1) is 11.8 Å². The number of carbonyl (C=O) groups excluding carboxylic acids is 3. The first kappa shape index (κ1) is 27.2. The molecular formula is C29H32N4O7. The smallest absolute Gasteiger partial charge is 0.255 e. The van der Waals surface area contributed by atoms with E-state index in [2.05, 4.69) is 0 Å². The largest absolute Gasteiger partial charge is 0.508 e. The fourth-order valence-electron chi connectivity index (χ4n) is 6.57. The van der Waals surface area contributed by atoms with E-state index >= 15 is 0 Å². The Labute approximate surface area is 230 Å². The summed E-state index contributed by atoms with van der Waals surface area (Å²) in [5.74, 6) is -6.79. The van der Waals surface area contributed by atoms with Crippen LogP contribution in [0.4, 0.5) is 11.4 Å². The molecule has 5 rings (SSSR count). The number of anilines is 2. The number of ketones is 2. The molecule has 4 atom stereocenters. The van der Waals surface area contributed by atoms with Gasteiger partial charge in [0.2, 0.25) is 5.78 Å². The Hall–Kier alpha value is -4.35. The van der Waals surface area contributed by atoms with Crippen molar-refractivity contribution < 1.29 is 34.8 Å². The number of benzene rings is 2. The van der Waals surface area contributed by atoms with E-state index in [0.29, 0.717) is 28.1 Å². The molecule has 2 aromatic carbocycles. The van der Waals surface area contributed by atoms with Gasteiger partial charge in [0.15, 0.2) is 11.4 Å². The van der Waals surface area contributed by atoms with Gasteiger partial charge in [-0.3, -0.25) is 19.3 Å². The molecule has 1 saturated carbocycles. The molecule has 0 aromatic heterocycles. The minimum Gasteiger partial charge on any atom is -0.508 e. The molecule has 0 spiro atoms. The maximum atomic E-state index is 14.1. The maximum Gasteiger partial charge on any atom is 0.255 e. The average molecular weight is 549 g/mol. The Morgan fingerprint density at radius 1 is 1.05 bits per heavy atom. The predicted molar refractivity (Wildman–Crippen MR) is 148 cm³/mol. The van der Waals surface area contributed by atoms with E-state index in [1.807, 2.05) is 19.0 Å². The summed E-state index contributed by atoms with van der Waals surface area (Å²) in [6.07, 6.45) is 0.233. The number of hydrogen-bond donors (Lipinski definition) is 6. The number of aliphatic hydroxyl groups excluding tert-OH is 2. The molecule has 0 radical (unpaired) electrons. The first-order valence-electron chi connectivity index (χ1n) is 12.8. The van der Waals surface area contributed by atoms with Crippen LogP contribution in [0.2, 0.25) is 0 Å². The van der Waals surface area contributed by atoms with Crippen molar-refractivity contribution in [2.24, 2.45) is 17.6 Å². The zero-order valence-electron chi connectivity index (χ0n) is 22.6. The molecule has 1 fully saturated rings. The first-order valence-corrected chi connectivity index (χ1v) is 12.8. The minimum absolute atomic E-state index is 0.0269. The van der Waals surface area contributed by atoms with Crippen LogP contribution in [-0.2, 0) is 20.8 Å².